The van der Waals surface area contributed by atoms with Crippen LogP contribution < -0.4 is 0 Å². The van der Waals surface area contributed by atoms with Crippen molar-refractivity contribution in [1.29, 1.82) is 0 Å². The first-order chi connectivity index (χ1) is 7.63. The lowest BCUT2D eigenvalue weighted by Gasteiger charge is -2.03. The summed E-state index contributed by atoms with van der Waals surface area (Å²) in [6.07, 6.45) is 0. The molecular weight excluding hydrogens is 231 g/mol. The molecule has 0 radical (unpaired) electrons. The van der Waals surface area contributed by atoms with E-state index in [1.54, 1.807) is 18.9 Å². The van der Waals surface area contributed by atoms with Gasteiger partial charge in [0.1, 0.15) is 5.82 Å². The van der Waals surface area contributed by atoms with Gasteiger partial charge in [0.05, 0.1) is 12.2 Å². The fourth-order valence-electron chi connectivity index (χ4n) is 1.19. The molecule has 0 spiro atoms. The third-order valence-corrected chi connectivity index (χ3v) is 2.90. The van der Waals surface area contributed by atoms with Gasteiger partial charge in [0.15, 0.2) is 0 Å². The highest BCUT2D eigenvalue weighted by atomic mass is 32.2. The first-order valence-corrected chi connectivity index (χ1v) is 5.88. The van der Waals surface area contributed by atoms with Crippen LogP contribution in [0.1, 0.15) is 15.9 Å². The number of halogens is 1. The summed E-state index contributed by atoms with van der Waals surface area (Å²) in [4.78, 5) is 10.7. The van der Waals surface area contributed by atoms with Gasteiger partial charge in [-0.1, -0.05) is 0 Å². The Morgan fingerprint density at radius 1 is 1.50 bits per heavy atom. The maximum atomic E-state index is 13.1. The second kappa shape index (κ2) is 6.50. The normalized spacial score (nSPS) is 10.4. The van der Waals surface area contributed by atoms with Crippen molar-refractivity contribution >= 4 is 17.7 Å². The molecule has 0 aliphatic carbocycles. The molecule has 5 heteroatoms. The number of aromatic carboxylic acids is 1. The fourth-order valence-corrected chi connectivity index (χ4v) is 2.02. The number of hydrogen-bond donors (Lipinski definition) is 1. The number of carbonyl (C=O) groups is 1. The molecule has 1 aromatic rings. The van der Waals surface area contributed by atoms with Crippen LogP contribution in [-0.2, 0) is 10.5 Å². The van der Waals surface area contributed by atoms with Crippen molar-refractivity contribution in [2.45, 2.75) is 5.75 Å². The minimum atomic E-state index is -1.11. The van der Waals surface area contributed by atoms with Crippen LogP contribution in [-0.4, -0.2) is 30.5 Å². The number of benzene rings is 1. The topological polar surface area (TPSA) is 46.5 Å². The molecule has 88 valence electrons. The Kier molecular flexibility index (Phi) is 5.28. The molecule has 0 aliphatic heterocycles. The predicted molar refractivity (Wildman–Crippen MR) is 61.4 cm³/mol. The Morgan fingerprint density at radius 3 is 2.88 bits per heavy atom. The van der Waals surface area contributed by atoms with Gasteiger partial charge in [-0.25, -0.2) is 9.18 Å². The van der Waals surface area contributed by atoms with E-state index in [-0.39, 0.29) is 5.56 Å². The number of ether oxygens (including phenoxy) is 1. The summed E-state index contributed by atoms with van der Waals surface area (Å²) >= 11 is 1.58. The Morgan fingerprint density at radius 2 is 2.25 bits per heavy atom. The molecule has 1 aromatic carbocycles. The summed E-state index contributed by atoms with van der Waals surface area (Å²) < 4.78 is 17.9. The monoisotopic (exact) mass is 244 g/mol. The summed E-state index contributed by atoms with van der Waals surface area (Å²) in [6.45, 7) is 0.631. The summed E-state index contributed by atoms with van der Waals surface area (Å²) in [5.41, 5.74) is 0.667. The molecule has 0 saturated heterocycles. The Balaban J connectivity index is 2.62. The number of methoxy groups -OCH3 is 1. The molecule has 0 fully saturated rings. The number of hydrogen-bond acceptors (Lipinski definition) is 3. The van der Waals surface area contributed by atoms with Gasteiger partial charge in [0.25, 0.3) is 0 Å². The lowest BCUT2D eigenvalue weighted by Crippen LogP contribution is -1.99. The molecule has 0 atom stereocenters. The molecule has 3 nitrogen and oxygen atoms in total. The van der Waals surface area contributed by atoms with E-state index in [4.69, 9.17) is 9.84 Å². The van der Waals surface area contributed by atoms with E-state index >= 15 is 0 Å². The zero-order chi connectivity index (χ0) is 12.0. The van der Waals surface area contributed by atoms with Gasteiger partial charge in [0, 0.05) is 18.6 Å². The van der Waals surface area contributed by atoms with Crippen LogP contribution in [0.3, 0.4) is 0 Å². The first kappa shape index (κ1) is 13.0. The van der Waals surface area contributed by atoms with Crippen molar-refractivity contribution in [3.8, 4) is 0 Å². The van der Waals surface area contributed by atoms with E-state index in [0.717, 1.165) is 11.8 Å². The van der Waals surface area contributed by atoms with Crippen molar-refractivity contribution in [2.75, 3.05) is 19.5 Å². The van der Waals surface area contributed by atoms with E-state index in [9.17, 15) is 9.18 Å². The molecule has 0 heterocycles. The van der Waals surface area contributed by atoms with Gasteiger partial charge in [-0.05, 0) is 23.8 Å². The summed E-state index contributed by atoms with van der Waals surface area (Å²) in [5, 5.41) is 8.75. The zero-order valence-corrected chi connectivity index (χ0v) is 9.72. The van der Waals surface area contributed by atoms with Crippen molar-refractivity contribution in [3.05, 3.63) is 35.1 Å². The minimum Gasteiger partial charge on any atom is -0.478 e. The molecule has 0 saturated carbocycles. The molecule has 1 rings (SSSR count). The van der Waals surface area contributed by atoms with Crippen LogP contribution >= 0.6 is 11.8 Å². The minimum absolute atomic E-state index is 0.0117. The number of carboxylic acids is 1. The Hall–Kier alpha value is -1.07. The third kappa shape index (κ3) is 4.20. The first-order valence-electron chi connectivity index (χ1n) is 4.73. The second-order valence-electron chi connectivity index (χ2n) is 3.20. The molecule has 0 amide bonds. The van der Waals surface area contributed by atoms with Crippen molar-refractivity contribution in [3.63, 3.8) is 0 Å². The maximum absolute atomic E-state index is 13.1. The van der Waals surface area contributed by atoms with E-state index in [1.807, 2.05) is 0 Å². The lowest BCUT2D eigenvalue weighted by molar-refractivity contribution is 0.0696. The van der Waals surface area contributed by atoms with E-state index in [0.29, 0.717) is 17.9 Å². The highest BCUT2D eigenvalue weighted by Crippen LogP contribution is 2.15. The van der Waals surface area contributed by atoms with Gasteiger partial charge >= 0.3 is 5.97 Å². The molecule has 16 heavy (non-hydrogen) atoms. The van der Waals surface area contributed by atoms with E-state index < -0.39 is 11.8 Å². The van der Waals surface area contributed by atoms with Gasteiger partial charge in [-0.3, -0.25) is 0 Å². The highest BCUT2D eigenvalue weighted by Gasteiger charge is 2.06. The van der Waals surface area contributed by atoms with Crippen molar-refractivity contribution in [1.82, 2.24) is 0 Å². The van der Waals surface area contributed by atoms with Crippen molar-refractivity contribution < 1.29 is 19.0 Å². The largest absolute Gasteiger partial charge is 0.478 e. The van der Waals surface area contributed by atoms with Gasteiger partial charge < -0.3 is 9.84 Å². The van der Waals surface area contributed by atoms with Crippen LogP contribution in [0.15, 0.2) is 18.2 Å². The zero-order valence-electron chi connectivity index (χ0n) is 8.90. The summed E-state index contributed by atoms with van der Waals surface area (Å²) in [5.74, 6) is -0.235. The molecule has 0 unspecified atom stereocenters. The Labute approximate surface area is 97.6 Å². The third-order valence-electron chi connectivity index (χ3n) is 1.91. The van der Waals surface area contributed by atoms with Gasteiger partial charge in [-0.2, -0.15) is 11.8 Å². The SMILES string of the molecule is COCCSCc1cc(F)cc(C(=O)O)c1. The smallest absolute Gasteiger partial charge is 0.335 e. The van der Waals surface area contributed by atoms with Gasteiger partial charge in [-0.15, -0.1) is 0 Å². The number of carboxylic acid groups (broad SMARTS) is 1. The molecular formula is C11H13FO3S. The standard InChI is InChI=1S/C11H13FO3S/c1-15-2-3-16-7-8-4-9(11(13)14)6-10(12)5-8/h4-6H,2-3,7H2,1H3,(H,13,14). The summed E-state index contributed by atoms with van der Waals surface area (Å²) in [7, 11) is 1.62. The predicted octanol–water partition coefficient (Wildman–Crippen LogP) is 2.40. The lowest BCUT2D eigenvalue weighted by atomic mass is 10.1. The van der Waals surface area contributed by atoms with Crippen LogP contribution in [0, 0.1) is 5.82 Å². The van der Waals surface area contributed by atoms with Crippen molar-refractivity contribution in [2.24, 2.45) is 0 Å². The van der Waals surface area contributed by atoms with E-state index in [1.165, 1.54) is 12.1 Å². The quantitative estimate of drug-likeness (QED) is 0.780. The Bertz CT molecular complexity index is 368. The molecule has 0 aliphatic rings. The number of rotatable bonds is 6. The average molecular weight is 244 g/mol. The molecule has 0 bridgehead atoms. The fraction of sp³-hybridized carbons (Fsp3) is 0.364. The number of thioether (sulfide) groups is 1. The van der Waals surface area contributed by atoms with Crippen LogP contribution in [0.4, 0.5) is 4.39 Å². The van der Waals surface area contributed by atoms with Gasteiger partial charge in [0.2, 0.25) is 0 Å². The van der Waals surface area contributed by atoms with Crippen LogP contribution in [0.2, 0.25) is 0 Å². The maximum Gasteiger partial charge on any atom is 0.335 e. The average Bonchev–Trinajstić information content (AvgIpc) is 2.23. The van der Waals surface area contributed by atoms with Crippen LogP contribution in [0.25, 0.3) is 0 Å². The molecule has 1 N–H and O–H groups in total. The van der Waals surface area contributed by atoms with E-state index in [2.05, 4.69) is 0 Å². The highest BCUT2D eigenvalue weighted by molar-refractivity contribution is 7.98. The second-order valence-corrected chi connectivity index (χ2v) is 4.30. The summed E-state index contributed by atoms with van der Waals surface area (Å²) in [6, 6.07) is 3.86. The van der Waals surface area contributed by atoms with Crippen LogP contribution in [0.5, 0.6) is 0 Å². The molecule has 0 aromatic heterocycles.